The van der Waals surface area contributed by atoms with Crippen molar-refractivity contribution in [2.24, 2.45) is 0 Å². The molecule has 0 saturated carbocycles. The number of hydrogen-bond donors (Lipinski definition) is 0. The minimum absolute atomic E-state index is 0.0697. The maximum atomic E-state index is 11.8. The van der Waals surface area contributed by atoms with Crippen LogP contribution in [0.15, 0.2) is 54.6 Å². The molecule has 0 N–H and O–H groups in total. The van der Waals surface area contributed by atoms with Gasteiger partial charge in [0.05, 0.1) is 10.5 Å². The van der Waals surface area contributed by atoms with E-state index in [1.807, 2.05) is 30.3 Å². The number of benzene rings is 3. The third kappa shape index (κ3) is 2.82. The van der Waals surface area contributed by atoms with Crippen molar-refractivity contribution in [1.29, 1.82) is 0 Å². The lowest BCUT2D eigenvalue weighted by molar-refractivity contribution is -0.384. The van der Waals surface area contributed by atoms with Crippen molar-refractivity contribution < 1.29 is 4.92 Å². The van der Waals surface area contributed by atoms with Crippen LogP contribution in [0.2, 0.25) is 0 Å². The molecule has 0 aromatic heterocycles. The zero-order valence-electron chi connectivity index (χ0n) is 16.4. The van der Waals surface area contributed by atoms with Gasteiger partial charge in [-0.3, -0.25) is 10.1 Å². The smallest absolute Gasteiger partial charge is 0.258 e. The Morgan fingerprint density at radius 1 is 0.852 bits per heavy atom. The highest BCUT2D eigenvalue weighted by Crippen LogP contribution is 2.48. The second kappa shape index (κ2) is 5.91. The number of hydrogen-bond acceptors (Lipinski definition) is 2. The van der Waals surface area contributed by atoms with E-state index in [-0.39, 0.29) is 21.4 Å². The molecule has 0 fully saturated rings. The summed E-state index contributed by atoms with van der Waals surface area (Å²) in [5.74, 6) is 0. The van der Waals surface area contributed by atoms with E-state index in [0.717, 1.165) is 34.7 Å². The standard InChI is InChI=1S/C24H25NO2/c1-23(2)13-14-24(3,4)20-15-17(9-11-19(20)23)22-18-8-6-5-7-16(18)10-12-21(22)25(26)27/h5-12,15H,13-14H2,1-4H3. The van der Waals surface area contributed by atoms with Crippen molar-refractivity contribution in [1.82, 2.24) is 0 Å². The fraction of sp³-hybridized carbons (Fsp3) is 0.333. The summed E-state index contributed by atoms with van der Waals surface area (Å²) in [6.45, 7) is 9.15. The fourth-order valence-electron chi connectivity index (χ4n) is 4.46. The summed E-state index contributed by atoms with van der Waals surface area (Å²) in [4.78, 5) is 11.5. The lowest BCUT2D eigenvalue weighted by atomic mass is 9.63. The molecule has 0 bridgehead atoms. The molecule has 3 aromatic rings. The van der Waals surface area contributed by atoms with Crippen molar-refractivity contribution in [3.05, 3.63) is 75.8 Å². The van der Waals surface area contributed by atoms with E-state index < -0.39 is 0 Å². The Hall–Kier alpha value is -2.68. The van der Waals surface area contributed by atoms with Gasteiger partial charge in [0, 0.05) is 6.07 Å². The summed E-state index contributed by atoms with van der Waals surface area (Å²) < 4.78 is 0. The quantitative estimate of drug-likeness (QED) is 0.374. The molecule has 138 valence electrons. The van der Waals surface area contributed by atoms with Crippen molar-refractivity contribution >= 4 is 16.5 Å². The molecule has 3 aromatic carbocycles. The first-order chi connectivity index (χ1) is 12.7. The van der Waals surface area contributed by atoms with Crippen molar-refractivity contribution in [2.75, 3.05) is 0 Å². The van der Waals surface area contributed by atoms with E-state index in [1.54, 1.807) is 6.07 Å². The fourth-order valence-corrected chi connectivity index (χ4v) is 4.46. The van der Waals surface area contributed by atoms with Crippen LogP contribution in [0.25, 0.3) is 21.9 Å². The Labute approximate surface area is 160 Å². The second-order valence-corrected chi connectivity index (χ2v) is 8.97. The van der Waals surface area contributed by atoms with Crippen molar-refractivity contribution in [2.45, 2.75) is 51.4 Å². The van der Waals surface area contributed by atoms with Gasteiger partial charge in [-0.25, -0.2) is 0 Å². The maximum Gasteiger partial charge on any atom is 0.277 e. The van der Waals surface area contributed by atoms with E-state index in [1.165, 1.54) is 11.1 Å². The summed E-state index contributed by atoms with van der Waals surface area (Å²) in [7, 11) is 0. The van der Waals surface area contributed by atoms with Gasteiger partial charge >= 0.3 is 0 Å². The average Bonchev–Trinajstić information content (AvgIpc) is 2.64. The third-order valence-corrected chi connectivity index (χ3v) is 6.25. The van der Waals surface area contributed by atoms with Crippen LogP contribution in [0.1, 0.15) is 51.7 Å². The molecule has 1 aliphatic rings. The molecular formula is C24H25NO2. The Morgan fingerprint density at radius 3 is 2.22 bits per heavy atom. The van der Waals surface area contributed by atoms with E-state index >= 15 is 0 Å². The molecule has 0 unspecified atom stereocenters. The number of fused-ring (bicyclic) bond motifs is 2. The molecule has 0 saturated heterocycles. The highest BCUT2D eigenvalue weighted by molar-refractivity contribution is 6.01. The molecule has 4 rings (SSSR count). The SMILES string of the molecule is CC1(C)CCC(C)(C)c2cc(-c3c([N+](=O)[O-])ccc4ccccc34)ccc21. The summed E-state index contributed by atoms with van der Waals surface area (Å²) in [6.07, 6.45) is 2.27. The number of rotatable bonds is 2. The first-order valence-corrected chi connectivity index (χ1v) is 9.52. The Bertz CT molecular complexity index is 1060. The highest BCUT2D eigenvalue weighted by atomic mass is 16.6. The predicted molar refractivity (Wildman–Crippen MR) is 111 cm³/mol. The molecule has 0 spiro atoms. The molecule has 0 heterocycles. The summed E-state index contributed by atoms with van der Waals surface area (Å²) in [5, 5.41) is 13.7. The molecule has 3 nitrogen and oxygen atoms in total. The van der Waals surface area contributed by atoms with Crippen LogP contribution in [0.4, 0.5) is 5.69 Å². The van der Waals surface area contributed by atoms with Crippen LogP contribution >= 0.6 is 0 Å². The van der Waals surface area contributed by atoms with Gasteiger partial charge in [-0.1, -0.05) is 70.2 Å². The Balaban J connectivity index is 2.03. The molecule has 0 atom stereocenters. The number of nitrogens with zero attached hydrogens (tertiary/aromatic N) is 1. The zero-order valence-corrected chi connectivity index (χ0v) is 16.4. The maximum absolute atomic E-state index is 11.8. The number of nitro groups is 1. The van der Waals surface area contributed by atoms with Crippen LogP contribution in [-0.4, -0.2) is 4.92 Å². The normalized spacial score (nSPS) is 17.5. The molecule has 0 amide bonds. The lowest BCUT2D eigenvalue weighted by Crippen LogP contribution is -2.33. The lowest BCUT2D eigenvalue weighted by Gasteiger charge is -2.42. The minimum Gasteiger partial charge on any atom is -0.258 e. The van der Waals surface area contributed by atoms with Crippen LogP contribution < -0.4 is 0 Å². The van der Waals surface area contributed by atoms with Crippen LogP contribution in [0.5, 0.6) is 0 Å². The van der Waals surface area contributed by atoms with Gasteiger partial charge in [0.2, 0.25) is 0 Å². The number of nitro benzene ring substituents is 1. The molecule has 1 aliphatic carbocycles. The van der Waals surface area contributed by atoms with Gasteiger partial charge in [-0.2, -0.15) is 0 Å². The van der Waals surface area contributed by atoms with Crippen LogP contribution in [-0.2, 0) is 10.8 Å². The van der Waals surface area contributed by atoms with Crippen molar-refractivity contribution in [3.63, 3.8) is 0 Å². The summed E-state index contributed by atoms with van der Waals surface area (Å²) >= 11 is 0. The summed E-state index contributed by atoms with van der Waals surface area (Å²) in [5.41, 5.74) is 4.71. The predicted octanol–water partition coefficient (Wildman–Crippen LogP) is 6.76. The third-order valence-electron chi connectivity index (χ3n) is 6.25. The molecule has 27 heavy (non-hydrogen) atoms. The van der Waals surface area contributed by atoms with Crippen LogP contribution in [0.3, 0.4) is 0 Å². The van der Waals surface area contributed by atoms with Gasteiger partial charge in [0.15, 0.2) is 0 Å². The summed E-state index contributed by atoms with van der Waals surface area (Å²) in [6, 6.07) is 17.8. The van der Waals surface area contributed by atoms with Crippen molar-refractivity contribution in [3.8, 4) is 11.1 Å². The molecule has 0 aliphatic heterocycles. The van der Waals surface area contributed by atoms with Crippen LogP contribution in [0, 0.1) is 10.1 Å². The second-order valence-electron chi connectivity index (χ2n) is 8.97. The van der Waals surface area contributed by atoms with E-state index in [9.17, 15) is 10.1 Å². The average molecular weight is 359 g/mol. The van der Waals surface area contributed by atoms with Gasteiger partial charge in [-0.05, 0) is 57.2 Å². The van der Waals surface area contributed by atoms with Gasteiger partial charge in [0.1, 0.15) is 0 Å². The first-order valence-electron chi connectivity index (χ1n) is 9.52. The van der Waals surface area contributed by atoms with Gasteiger partial charge in [-0.15, -0.1) is 0 Å². The molecule has 3 heteroatoms. The monoisotopic (exact) mass is 359 g/mol. The topological polar surface area (TPSA) is 43.1 Å². The first kappa shape index (κ1) is 17.7. The molecule has 0 radical (unpaired) electrons. The zero-order chi connectivity index (χ0) is 19.4. The largest absolute Gasteiger partial charge is 0.277 e. The Morgan fingerprint density at radius 2 is 1.52 bits per heavy atom. The van der Waals surface area contributed by atoms with Gasteiger partial charge in [0.25, 0.3) is 5.69 Å². The van der Waals surface area contributed by atoms with E-state index in [2.05, 4.69) is 45.9 Å². The van der Waals surface area contributed by atoms with Gasteiger partial charge < -0.3 is 0 Å². The minimum atomic E-state index is -0.268. The highest BCUT2D eigenvalue weighted by Gasteiger charge is 2.37. The Kier molecular flexibility index (Phi) is 3.88. The van der Waals surface area contributed by atoms with E-state index in [0.29, 0.717) is 0 Å². The van der Waals surface area contributed by atoms with E-state index in [4.69, 9.17) is 0 Å². The molecular weight excluding hydrogens is 334 g/mol.